The van der Waals surface area contributed by atoms with E-state index in [4.69, 9.17) is 11.6 Å². The fraction of sp³-hybridized carbons (Fsp3) is 0.533. The van der Waals surface area contributed by atoms with Crippen molar-refractivity contribution in [3.05, 3.63) is 28.5 Å². The lowest BCUT2D eigenvalue weighted by atomic mass is 9.95. The summed E-state index contributed by atoms with van der Waals surface area (Å²) < 4.78 is 0. The maximum atomic E-state index is 12.4. The van der Waals surface area contributed by atoms with Gasteiger partial charge >= 0.3 is 0 Å². The molecule has 21 heavy (non-hydrogen) atoms. The van der Waals surface area contributed by atoms with Crippen LogP contribution in [0.3, 0.4) is 0 Å². The SMILES string of the molecule is CCNC(=O)C1CCN(C(=O)c2cc(C)nc(Cl)c2)CC1. The first-order valence-corrected chi connectivity index (χ1v) is 7.60. The van der Waals surface area contributed by atoms with Gasteiger partial charge in [-0.3, -0.25) is 9.59 Å². The van der Waals surface area contributed by atoms with Crippen molar-refractivity contribution in [3.63, 3.8) is 0 Å². The van der Waals surface area contributed by atoms with E-state index in [-0.39, 0.29) is 17.7 Å². The van der Waals surface area contributed by atoms with Crippen molar-refractivity contribution in [2.24, 2.45) is 5.92 Å². The molecule has 2 amide bonds. The molecule has 1 aliphatic rings. The highest BCUT2D eigenvalue weighted by Gasteiger charge is 2.27. The normalized spacial score (nSPS) is 15.9. The van der Waals surface area contributed by atoms with Crippen LogP contribution in [0.15, 0.2) is 12.1 Å². The molecule has 0 atom stereocenters. The second-order valence-electron chi connectivity index (χ2n) is 5.28. The Morgan fingerprint density at radius 1 is 1.38 bits per heavy atom. The number of rotatable bonds is 3. The quantitative estimate of drug-likeness (QED) is 0.869. The Hall–Kier alpha value is -1.62. The van der Waals surface area contributed by atoms with Gasteiger partial charge in [0.25, 0.3) is 5.91 Å². The molecule has 2 rings (SSSR count). The summed E-state index contributed by atoms with van der Waals surface area (Å²) in [5, 5.41) is 3.17. The second-order valence-corrected chi connectivity index (χ2v) is 5.67. The van der Waals surface area contributed by atoms with Gasteiger partial charge in [-0.2, -0.15) is 0 Å². The summed E-state index contributed by atoms with van der Waals surface area (Å²) in [6.07, 6.45) is 1.41. The van der Waals surface area contributed by atoms with Crippen LogP contribution >= 0.6 is 11.6 Å². The number of carbonyl (C=O) groups excluding carboxylic acids is 2. The van der Waals surface area contributed by atoms with Crippen LogP contribution in [0.5, 0.6) is 0 Å². The molecular weight excluding hydrogens is 290 g/mol. The number of halogens is 1. The molecule has 0 bridgehead atoms. The predicted molar refractivity (Wildman–Crippen MR) is 81.3 cm³/mol. The molecule has 6 heteroatoms. The maximum absolute atomic E-state index is 12.4. The molecule has 0 aromatic carbocycles. The molecule has 2 heterocycles. The van der Waals surface area contributed by atoms with E-state index in [2.05, 4.69) is 10.3 Å². The van der Waals surface area contributed by atoms with Crippen LogP contribution in [0.1, 0.15) is 35.8 Å². The first-order chi connectivity index (χ1) is 10.0. The van der Waals surface area contributed by atoms with E-state index in [1.165, 1.54) is 0 Å². The Morgan fingerprint density at radius 3 is 2.62 bits per heavy atom. The van der Waals surface area contributed by atoms with Crippen molar-refractivity contribution in [3.8, 4) is 0 Å². The average molecular weight is 310 g/mol. The minimum atomic E-state index is -0.0447. The second kappa shape index (κ2) is 6.89. The zero-order valence-electron chi connectivity index (χ0n) is 12.4. The van der Waals surface area contributed by atoms with Gasteiger partial charge < -0.3 is 10.2 Å². The standard InChI is InChI=1S/C15H20ClN3O2/c1-3-17-14(20)11-4-6-19(7-5-11)15(21)12-8-10(2)18-13(16)9-12/h8-9,11H,3-7H2,1-2H3,(H,17,20). The van der Waals surface area contributed by atoms with Gasteiger partial charge in [0.2, 0.25) is 5.91 Å². The molecule has 1 N–H and O–H groups in total. The van der Waals surface area contributed by atoms with Crippen molar-refractivity contribution in [1.82, 2.24) is 15.2 Å². The summed E-state index contributed by atoms with van der Waals surface area (Å²) >= 11 is 5.90. The van der Waals surface area contributed by atoms with Crippen molar-refractivity contribution in [2.45, 2.75) is 26.7 Å². The van der Waals surface area contributed by atoms with Gasteiger partial charge in [0.05, 0.1) is 0 Å². The highest BCUT2D eigenvalue weighted by atomic mass is 35.5. The number of nitrogens with one attached hydrogen (secondary N) is 1. The molecule has 0 unspecified atom stereocenters. The minimum Gasteiger partial charge on any atom is -0.356 e. The van der Waals surface area contributed by atoms with Gasteiger partial charge in [-0.15, -0.1) is 0 Å². The van der Waals surface area contributed by atoms with E-state index in [9.17, 15) is 9.59 Å². The number of piperidine rings is 1. The van der Waals surface area contributed by atoms with E-state index in [0.717, 1.165) is 5.69 Å². The van der Waals surface area contributed by atoms with Crippen LogP contribution in [0.25, 0.3) is 0 Å². The van der Waals surface area contributed by atoms with Gasteiger partial charge in [0.15, 0.2) is 0 Å². The molecular formula is C15H20ClN3O2. The summed E-state index contributed by atoms with van der Waals surface area (Å²) in [5.74, 6) is 0.0564. The number of pyridine rings is 1. The van der Waals surface area contributed by atoms with Gasteiger partial charge in [-0.05, 0) is 38.8 Å². The summed E-state index contributed by atoms with van der Waals surface area (Å²) in [6, 6.07) is 3.33. The number of nitrogens with zero attached hydrogens (tertiary/aromatic N) is 2. The fourth-order valence-electron chi connectivity index (χ4n) is 2.60. The lowest BCUT2D eigenvalue weighted by Crippen LogP contribution is -2.43. The summed E-state index contributed by atoms with van der Waals surface area (Å²) in [7, 11) is 0. The average Bonchev–Trinajstić information content (AvgIpc) is 2.46. The van der Waals surface area contributed by atoms with Crippen molar-refractivity contribution < 1.29 is 9.59 Å². The number of aromatic nitrogens is 1. The van der Waals surface area contributed by atoms with E-state index in [0.29, 0.717) is 43.2 Å². The Bertz CT molecular complexity index is 519. The summed E-state index contributed by atoms with van der Waals surface area (Å²) in [5.41, 5.74) is 1.28. The maximum Gasteiger partial charge on any atom is 0.254 e. The number of hydrogen-bond acceptors (Lipinski definition) is 3. The van der Waals surface area contributed by atoms with Gasteiger partial charge in [-0.1, -0.05) is 11.6 Å². The molecule has 114 valence electrons. The largest absolute Gasteiger partial charge is 0.356 e. The molecule has 1 saturated heterocycles. The van der Waals surface area contributed by atoms with Crippen LogP contribution < -0.4 is 5.32 Å². The van der Waals surface area contributed by atoms with E-state index >= 15 is 0 Å². The number of carbonyl (C=O) groups is 2. The third-order valence-corrected chi connectivity index (χ3v) is 3.87. The molecule has 0 radical (unpaired) electrons. The summed E-state index contributed by atoms with van der Waals surface area (Å²) in [6.45, 7) is 5.56. The monoisotopic (exact) mass is 309 g/mol. The van der Waals surface area contributed by atoms with E-state index < -0.39 is 0 Å². The highest BCUT2D eigenvalue weighted by molar-refractivity contribution is 6.29. The van der Waals surface area contributed by atoms with Gasteiger partial charge in [0.1, 0.15) is 5.15 Å². The first kappa shape index (κ1) is 15.8. The molecule has 0 saturated carbocycles. The third kappa shape index (κ3) is 3.94. The Balaban J connectivity index is 1.98. The molecule has 5 nitrogen and oxygen atoms in total. The van der Waals surface area contributed by atoms with Gasteiger partial charge in [0, 0.05) is 36.8 Å². The number of aryl methyl sites for hydroxylation is 1. The zero-order valence-corrected chi connectivity index (χ0v) is 13.1. The zero-order chi connectivity index (χ0) is 15.4. The fourth-order valence-corrected chi connectivity index (χ4v) is 2.85. The molecule has 0 spiro atoms. The molecule has 1 fully saturated rings. The van der Waals surface area contributed by atoms with E-state index in [1.807, 2.05) is 13.8 Å². The third-order valence-electron chi connectivity index (χ3n) is 3.67. The molecule has 1 aromatic heterocycles. The smallest absolute Gasteiger partial charge is 0.254 e. The highest BCUT2D eigenvalue weighted by Crippen LogP contribution is 2.20. The van der Waals surface area contributed by atoms with Crippen molar-refractivity contribution >= 4 is 23.4 Å². The molecule has 1 aliphatic heterocycles. The Kier molecular flexibility index (Phi) is 5.17. The summed E-state index contributed by atoms with van der Waals surface area (Å²) in [4.78, 5) is 30.1. The number of hydrogen-bond donors (Lipinski definition) is 1. The van der Waals surface area contributed by atoms with Crippen LogP contribution in [0, 0.1) is 12.8 Å². The Morgan fingerprint density at radius 2 is 2.05 bits per heavy atom. The van der Waals surface area contributed by atoms with Crippen LogP contribution in [0.2, 0.25) is 5.15 Å². The van der Waals surface area contributed by atoms with Crippen molar-refractivity contribution in [1.29, 1.82) is 0 Å². The number of likely N-dealkylation sites (tertiary alicyclic amines) is 1. The first-order valence-electron chi connectivity index (χ1n) is 7.22. The van der Waals surface area contributed by atoms with Crippen LogP contribution in [-0.2, 0) is 4.79 Å². The minimum absolute atomic E-state index is 0.0109. The van der Waals surface area contributed by atoms with Crippen LogP contribution in [-0.4, -0.2) is 41.3 Å². The number of amides is 2. The van der Waals surface area contributed by atoms with Gasteiger partial charge in [-0.25, -0.2) is 4.98 Å². The van der Waals surface area contributed by atoms with Crippen LogP contribution in [0.4, 0.5) is 0 Å². The lowest BCUT2D eigenvalue weighted by Gasteiger charge is -2.31. The predicted octanol–water partition coefficient (Wildman–Crippen LogP) is 2.03. The Labute approximate surface area is 129 Å². The molecule has 1 aromatic rings. The van der Waals surface area contributed by atoms with Crippen molar-refractivity contribution in [2.75, 3.05) is 19.6 Å². The topological polar surface area (TPSA) is 62.3 Å². The van der Waals surface area contributed by atoms with E-state index in [1.54, 1.807) is 17.0 Å². The lowest BCUT2D eigenvalue weighted by molar-refractivity contribution is -0.126. The molecule has 0 aliphatic carbocycles.